The summed E-state index contributed by atoms with van der Waals surface area (Å²) in [6, 6.07) is 0. The normalized spacial score (nSPS) is 1.00. The Morgan fingerprint density at radius 1 is 1.00 bits per heavy atom. The molecule has 0 aromatic heterocycles. The topological polar surface area (TPSA) is 74.1 Å². The van der Waals surface area contributed by atoms with E-state index in [4.69, 9.17) is 4.46 Å². The van der Waals surface area contributed by atoms with E-state index in [0.29, 0.717) is 0 Å². The van der Waals surface area contributed by atoms with Crippen LogP contribution in [0, 0.1) is 0 Å². The molecule has 3 nitrogen and oxygen atoms in total. The molecule has 0 saturated carbocycles. The van der Waals surface area contributed by atoms with Gasteiger partial charge >= 0.3 is 63.8 Å². The van der Waals surface area contributed by atoms with E-state index in [9.17, 15) is 0 Å². The van der Waals surface area contributed by atoms with Gasteiger partial charge in [0.15, 0.2) is 0 Å². The fraction of sp³-hybridized carbons (Fsp3) is 0. The summed E-state index contributed by atoms with van der Waals surface area (Å²) in [5, 5.41) is 0. The summed E-state index contributed by atoms with van der Waals surface area (Å²) in [6.45, 7) is 0. The van der Waals surface area contributed by atoms with Crippen LogP contribution in [0.2, 0.25) is 0 Å². The van der Waals surface area contributed by atoms with Gasteiger partial charge in [-0.15, -0.1) is 0 Å². The molecule has 0 unspecified atom stereocenters. The van der Waals surface area contributed by atoms with Crippen LogP contribution in [0.1, 0.15) is 0 Å². The van der Waals surface area contributed by atoms with Crippen LogP contribution in [0.15, 0.2) is 0 Å². The molecular formula is MgO3SiZr+4. The zero-order valence-corrected chi connectivity index (χ0v) is 7.80. The van der Waals surface area contributed by atoms with E-state index in [0.717, 1.165) is 0 Å². The third kappa shape index (κ3) is 46.7. The molecule has 0 bridgehead atoms. The zero-order chi connectivity index (χ0) is 2.00. The van der Waals surface area contributed by atoms with Crippen molar-refractivity contribution in [3.05, 3.63) is 0 Å². The molecule has 0 spiro atoms. The molecule has 6 heteroatoms. The van der Waals surface area contributed by atoms with Crippen molar-refractivity contribution in [3.63, 3.8) is 0 Å². The van der Waals surface area contributed by atoms with Gasteiger partial charge in [-0.25, -0.2) is 0 Å². The van der Waals surface area contributed by atoms with Crippen LogP contribution in [0.3, 0.4) is 0 Å². The van der Waals surface area contributed by atoms with Gasteiger partial charge in [0, 0.05) is 0 Å². The van der Waals surface area contributed by atoms with Crippen LogP contribution in [0.25, 0.3) is 0 Å². The van der Waals surface area contributed by atoms with E-state index in [1.54, 1.807) is 10.1 Å². The molecule has 0 aliphatic carbocycles. The van der Waals surface area contributed by atoms with Crippen LogP contribution in [-0.4, -0.2) is 33.2 Å². The summed E-state index contributed by atoms with van der Waals surface area (Å²) in [4.78, 5) is 0. The first-order chi connectivity index (χ1) is 1.00. The van der Waals surface area contributed by atoms with Gasteiger partial charge in [0.05, 0.1) is 0 Å². The minimum absolute atomic E-state index is 0. The molecule has 0 N–H and O–H groups in total. The van der Waals surface area contributed by atoms with Crippen molar-refractivity contribution in [2.24, 2.45) is 0 Å². The van der Waals surface area contributed by atoms with E-state index in [1.165, 1.54) is 0 Å². The molecule has 0 amide bonds. The van der Waals surface area contributed by atoms with Crippen LogP contribution < -0.4 is 0 Å². The molecule has 6 heavy (non-hydrogen) atoms. The molecule has 0 radical (unpaired) electrons. The Morgan fingerprint density at radius 3 is 1.00 bits per heavy atom. The van der Waals surface area contributed by atoms with Crippen LogP contribution in [0.4, 0.5) is 0 Å². The maximum atomic E-state index is 8.06. The maximum absolute atomic E-state index is 8.06. The van der Waals surface area contributed by atoms with Gasteiger partial charge in [0.1, 0.15) is 0 Å². The molecule has 0 aromatic rings. The zero-order valence-electron chi connectivity index (χ0n) is 2.93. The van der Waals surface area contributed by atoms with Crippen molar-refractivity contribution in [2.45, 2.75) is 0 Å². The predicted molar refractivity (Wildman–Crippen MR) is 13.6 cm³/mol. The first kappa shape index (κ1) is 49.2. The van der Waals surface area contributed by atoms with Crippen LogP contribution >= 0.6 is 0 Å². The molecule has 24 valence electrons. The average molecular weight is 192 g/mol. The summed E-state index contributed by atoms with van der Waals surface area (Å²) in [6.07, 6.45) is 0. The van der Waals surface area contributed by atoms with Gasteiger partial charge in [-0.05, 0) is 0 Å². The quantitative estimate of drug-likeness (QED) is 0.447. The second-order valence-corrected chi connectivity index (χ2v) is 0. The minimum Gasteiger partial charge on any atom is -2.00 e. The predicted octanol–water partition coefficient (Wildman–Crippen LogP) is -1.12. The number of hydrogen-bond acceptors (Lipinski definition) is 1. The van der Waals surface area contributed by atoms with Gasteiger partial charge in [-0.2, -0.15) is 0 Å². The van der Waals surface area contributed by atoms with Crippen molar-refractivity contribution >= 4 is 33.2 Å². The Bertz CT molecular complexity index is 10.8. The molecule has 0 saturated heterocycles. The second-order valence-electron chi connectivity index (χ2n) is 0. The Hall–Kier alpha value is 1.59. The van der Waals surface area contributed by atoms with E-state index in [-0.39, 0.29) is 60.2 Å². The molecule has 0 aliphatic heterocycles. The molecule has 0 rings (SSSR count). The van der Waals surface area contributed by atoms with Crippen molar-refractivity contribution in [1.82, 2.24) is 0 Å². The molecule has 0 fully saturated rings. The van der Waals surface area contributed by atoms with E-state index < -0.39 is 0 Å². The van der Waals surface area contributed by atoms with Crippen molar-refractivity contribution in [3.8, 4) is 0 Å². The summed E-state index contributed by atoms with van der Waals surface area (Å²) < 4.78 is 8.06. The van der Waals surface area contributed by atoms with E-state index in [2.05, 4.69) is 0 Å². The summed E-state index contributed by atoms with van der Waals surface area (Å²) in [5.41, 5.74) is 0. The standard InChI is InChI=1S/Mg.OSi.2O.Zr/c;1-2;;;/q2*+2;2*-2;+4. The van der Waals surface area contributed by atoms with Crippen molar-refractivity contribution in [1.29, 1.82) is 0 Å². The SMILES string of the molecule is O=[Si+2].[Mg+2].[O-2].[O-2].[Zr+4]. The maximum Gasteiger partial charge on any atom is 4.00 e. The number of hydrogen-bond donors (Lipinski definition) is 0. The number of rotatable bonds is 0. The fourth-order valence-corrected chi connectivity index (χ4v) is 0. The first-order valence-electron chi connectivity index (χ1n) is 0.204. The minimum atomic E-state index is 0. The Morgan fingerprint density at radius 2 is 1.00 bits per heavy atom. The molecule has 0 atom stereocenters. The van der Waals surface area contributed by atoms with Crippen molar-refractivity contribution in [2.75, 3.05) is 0 Å². The van der Waals surface area contributed by atoms with Gasteiger partial charge in [-0.3, -0.25) is 0 Å². The first-order valence-corrected chi connectivity index (χ1v) is 0.612. The van der Waals surface area contributed by atoms with Gasteiger partial charge in [0.2, 0.25) is 0 Å². The summed E-state index contributed by atoms with van der Waals surface area (Å²) in [5.74, 6) is 0. The summed E-state index contributed by atoms with van der Waals surface area (Å²) >= 11 is 0. The summed E-state index contributed by atoms with van der Waals surface area (Å²) in [7, 11) is 1.72. The smallest absolute Gasteiger partial charge is 2.00 e. The molecule has 0 heterocycles. The third-order valence-corrected chi connectivity index (χ3v) is 0. The fourth-order valence-electron chi connectivity index (χ4n) is 0. The van der Waals surface area contributed by atoms with Crippen molar-refractivity contribution < 1.29 is 41.6 Å². The Kier molecular flexibility index (Phi) is 670. The molecule has 0 aromatic carbocycles. The molecular weight excluding hydrogens is 192 g/mol. The Labute approximate surface area is 74.3 Å². The van der Waals surface area contributed by atoms with Gasteiger partial charge < -0.3 is 11.0 Å². The van der Waals surface area contributed by atoms with E-state index >= 15 is 0 Å². The second kappa shape index (κ2) is 81.7. The average Bonchev–Trinajstić information content (AvgIpc) is 1.00. The monoisotopic (exact) mass is 190 g/mol. The van der Waals surface area contributed by atoms with Gasteiger partial charge in [0.25, 0.3) is 0 Å². The largest absolute Gasteiger partial charge is 4.00 e. The third-order valence-electron chi connectivity index (χ3n) is 0. The van der Waals surface area contributed by atoms with Gasteiger partial charge in [-0.1, -0.05) is 0 Å². The Balaban J connectivity index is -0.000000000833. The van der Waals surface area contributed by atoms with Crippen LogP contribution in [0.5, 0.6) is 0 Å². The molecule has 0 aliphatic rings. The van der Waals surface area contributed by atoms with Crippen LogP contribution in [-0.2, 0) is 41.6 Å². The van der Waals surface area contributed by atoms with E-state index in [1.807, 2.05) is 0 Å².